The fourth-order valence-corrected chi connectivity index (χ4v) is 4.59. The maximum atomic E-state index is 13.1. The first-order chi connectivity index (χ1) is 14.6. The zero-order valence-electron chi connectivity index (χ0n) is 17.2. The molecule has 4 nitrogen and oxygen atoms in total. The Balaban J connectivity index is 1.88. The number of benzene rings is 3. The van der Waals surface area contributed by atoms with E-state index in [-0.39, 0.29) is 11.7 Å². The molecule has 1 saturated heterocycles. The molecule has 0 aliphatic carbocycles. The summed E-state index contributed by atoms with van der Waals surface area (Å²) < 4.78 is 6.26. The molecule has 152 valence electrons. The number of β-lactam (4-membered cyclic amide) rings is 1. The van der Waals surface area contributed by atoms with E-state index < -0.39 is 17.6 Å². The molecule has 1 aliphatic heterocycles. The van der Waals surface area contributed by atoms with Gasteiger partial charge in [-0.15, -0.1) is 0 Å². The summed E-state index contributed by atoms with van der Waals surface area (Å²) in [6.07, 6.45) is 0. The first-order valence-corrected chi connectivity index (χ1v) is 10.1. The van der Waals surface area contributed by atoms with Crippen molar-refractivity contribution in [2.24, 2.45) is 5.92 Å². The van der Waals surface area contributed by atoms with E-state index in [1.807, 2.05) is 91.0 Å². The summed E-state index contributed by atoms with van der Waals surface area (Å²) in [5, 5.41) is 0. The van der Waals surface area contributed by atoms with Gasteiger partial charge >= 0.3 is 0 Å². The largest absolute Gasteiger partial charge is 0.367 e. The summed E-state index contributed by atoms with van der Waals surface area (Å²) >= 11 is 0. The molecule has 1 heterocycles. The van der Waals surface area contributed by atoms with Crippen LogP contribution in [0.4, 0.5) is 0 Å². The molecule has 0 bridgehead atoms. The van der Waals surface area contributed by atoms with Gasteiger partial charge in [-0.2, -0.15) is 0 Å². The maximum absolute atomic E-state index is 13.1. The van der Waals surface area contributed by atoms with Crippen LogP contribution in [0.3, 0.4) is 0 Å². The standard InChI is InChI=1S/C26H25NO3/c1-19(28)23-24(27(25(23)29)18-20-12-6-3-7-13-20)26(30-2,21-14-8-4-9-15-21)22-16-10-5-11-17-22/h3-17,23-24H,18H2,1-2H3/t23-,24+/m1/s1. The molecule has 30 heavy (non-hydrogen) atoms. The minimum Gasteiger partial charge on any atom is -0.367 e. The summed E-state index contributed by atoms with van der Waals surface area (Å²) in [4.78, 5) is 27.4. The van der Waals surface area contributed by atoms with Gasteiger partial charge in [0.25, 0.3) is 0 Å². The van der Waals surface area contributed by atoms with Gasteiger partial charge in [-0.3, -0.25) is 9.59 Å². The molecular formula is C26H25NO3. The number of ketones is 1. The van der Waals surface area contributed by atoms with Crippen molar-refractivity contribution >= 4 is 11.7 Å². The Kier molecular flexibility index (Phi) is 5.51. The van der Waals surface area contributed by atoms with Crippen molar-refractivity contribution < 1.29 is 14.3 Å². The highest BCUT2D eigenvalue weighted by atomic mass is 16.5. The maximum Gasteiger partial charge on any atom is 0.236 e. The van der Waals surface area contributed by atoms with E-state index in [0.29, 0.717) is 6.54 Å². The lowest BCUT2D eigenvalue weighted by atomic mass is 9.67. The van der Waals surface area contributed by atoms with Crippen LogP contribution in [0.15, 0.2) is 91.0 Å². The number of methoxy groups -OCH3 is 1. The van der Waals surface area contributed by atoms with Crippen molar-refractivity contribution in [2.45, 2.75) is 25.1 Å². The number of hydrogen-bond donors (Lipinski definition) is 0. The second kappa shape index (κ2) is 8.25. The lowest BCUT2D eigenvalue weighted by molar-refractivity contribution is -0.181. The number of hydrogen-bond acceptors (Lipinski definition) is 3. The highest BCUT2D eigenvalue weighted by Crippen LogP contribution is 2.47. The lowest BCUT2D eigenvalue weighted by Gasteiger charge is -2.55. The van der Waals surface area contributed by atoms with Gasteiger partial charge in [0.1, 0.15) is 17.3 Å². The van der Waals surface area contributed by atoms with Gasteiger partial charge in [0.05, 0.1) is 6.04 Å². The summed E-state index contributed by atoms with van der Waals surface area (Å²) in [5.41, 5.74) is 1.90. The van der Waals surface area contributed by atoms with E-state index >= 15 is 0 Å². The Morgan fingerprint density at radius 1 is 0.867 bits per heavy atom. The summed E-state index contributed by atoms with van der Waals surface area (Å²) in [7, 11) is 1.65. The topological polar surface area (TPSA) is 46.6 Å². The van der Waals surface area contributed by atoms with Crippen molar-refractivity contribution in [3.8, 4) is 0 Å². The molecular weight excluding hydrogens is 374 g/mol. The second-order valence-electron chi connectivity index (χ2n) is 7.66. The Hall–Kier alpha value is -3.24. The third kappa shape index (κ3) is 3.23. The molecule has 3 aromatic rings. The smallest absolute Gasteiger partial charge is 0.236 e. The highest BCUT2D eigenvalue weighted by molar-refractivity contribution is 6.06. The lowest BCUT2D eigenvalue weighted by Crippen LogP contribution is -2.70. The van der Waals surface area contributed by atoms with E-state index in [1.54, 1.807) is 12.0 Å². The summed E-state index contributed by atoms with van der Waals surface area (Å²) in [6, 6.07) is 29.1. The third-order valence-electron chi connectivity index (χ3n) is 5.98. The van der Waals surface area contributed by atoms with E-state index in [4.69, 9.17) is 4.74 Å². The quantitative estimate of drug-likeness (QED) is 0.442. The number of nitrogens with zero attached hydrogens (tertiary/aromatic N) is 1. The Labute approximate surface area is 177 Å². The molecule has 0 radical (unpaired) electrons. The normalized spacial score (nSPS) is 18.7. The molecule has 0 spiro atoms. The summed E-state index contributed by atoms with van der Waals surface area (Å²) in [6.45, 7) is 1.92. The monoisotopic (exact) mass is 399 g/mol. The van der Waals surface area contributed by atoms with Gasteiger partial charge in [-0.05, 0) is 23.6 Å². The molecule has 0 unspecified atom stereocenters. The van der Waals surface area contributed by atoms with Crippen LogP contribution in [0.1, 0.15) is 23.6 Å². The van der Waals surface area contributed by atoms with Crippen LogP contribution >= 0.6 is 0 Å². The van der Waals surface area contributed by atoms with Crippen LogP contribution < -0.4 is 0 Å². The molecule has 0 saturated carbocycles. The third-order valence-corrected chi connectivity index (χ3v) is 5.98. The number of ether oxygens (including phenoxy) is 1. The first-order valence-electron chi connectivity index (χ1n) is 10.1. The Bertz CT molecular complexity index is 978. The molecule has 4 rings (SSSR count). The first kappa shape index (κ1) is 20.0. The highest BCUT2D eigenvalue weighted by Gasteiger charge is 2.61. The van der Waals surface area contributed by atoms with Gasteiger partial charge in [0, 0.05) is 13.7 Å². The molecule has 1 aliphatic rings. The fraction of sp³-hybridized carbons (Fsp3) is 0.231. The Morgan fingerprint density at radius 2 is 1.33 bits per heavy atom. The van der Waals surface area contributed by atoms with E-state index in [9.17, 15) is 9.59 Å². The predicted octanol–water partition coefficient (Wildman–Crippen LogP) is 4.19. The zero-order valence-corrected chi connectivity index (χ0v) is 17.2. The molecule has 0 N–H and O–H groups in total. The molecule has 0 aromatic heterocycles. The van der Waals surface area contributed by atoms with Crippen LogP contribution in [0, 0.1) is 5.92 Å². The van der Waals surface area contributed by atoms with Crippen molar-refractivity contribution in [2.75, 3.05) is 7.11 Å². The molecule has 3 aromatic carbocycles. The van der Waals surface area contributed by atoms with Gasteiger partial charge in [0.15, 0.2) is 0 Å². The number of Topliss-reactive ketones (excluding diaryl/α,β-unsaturated/α-hetero) is 1. The zero-order chi connectivity index (χ0) is 21.1. The van der Waals surface area contributed by atoms with Crippen LogP contribution in [0.2, 0.25) is 0 Å². The number of rotatable bonds is 7. The fourth-order valence-electron chi connectivity index (χ4n) is 4.59. The average Bonchev–Trinajstić information content (AvgIpc) is 2.79. The van der Waals surface area contributed by atoms with Crippen LogP contribution in [-0.2, 0) is 26.5 Å². The second-order valence-corrected chi connectivity index (χ2v) is 7.66. The molecule has 1 fully saturated rings. The minimum atomic E-state index is -0.957. The number of carbonyl (C=O) groups is 2. The minimum absolute atomic E-state index is 0.136. The van der Waals surface area contributed by atoms with Crippen LogP contribution in [0.5, 0.6) is 0 Å². The van der Waals surface area contributed by atoms with E-state index in [0.717, 1.165) is 16.7 Å². The number of amides is 1. The van der Waals surface area contributed by atoms with Gasteiger partial charge in [-0.25, -0.2) is 0 Å². The van der Waals surface area contributed by atoms with E-state index in [1.165, 1.54) is 6.92 Å². The van der Waals surface area contributed by atoms with Crippen LogP contribution in [-0.4, -0.2) is 29.7 Å². The van der Waals surface area contributed by atoms with Crippen molar-refractivity contribution in [1.29, 1.82) is 0 Å². The SMILES string of the molecule is COC(c1ccccc1)(c1ccccc1)[C@@H]1[C@@H](C(C)=O)C(=O)N1Cc1ccccc1. The predicted molar refractivity (Wildman–Crippen MR) is 116 cm³/mol. The summed E-state index contributed by atoms with van der Waals surface area (Å²) in [5.74, 6) is -1.03. The van der Waals surface area contributed by atoms with E-state index in [2.05, 4.69) is 0 Å². The number of carbonyl (C=O) groups excluding carboxylic acids is 2. The van der Waals surface area contributed by atoms with Gasteiger partial charge in [-0.1, -0.05) is 91.0 Å². The molecule has 1 amide bonds. The molecule has 4 heteroatoms. The Morgan fingerprint density at radius 3 is 1.77 bits per heavy atom. The van der Waals surface area contributed by atoms with Crippen molar-refractivity contribution in [3.63, 3.8) is 0 Å². The van der Waals surface area contributed by atoms with Gasteiger partial charge in [0.2, 0.25) is 5.91 Å². The van der Waals surface area contributed by atoms with Crippen molar-refractivity contribution in [1.82, 2.24) is 4.90 Å². The number of likely N-dealkylation sites (tertiary alicyclic amines) is 1. The van der Waals surface area contributed by atoms with Crippen LogP contribution in [0.25, 0.3) is 0 Å². The average molecular weight is 399 g/mol. The van der Waals surface area contributed by atoms with Gasteiger partial charge < -0.3 is 9.64 Å². The molecule has 2 atom stereocenters. The van der Waals surface area contributed by atoms with Crippen molar-refractivity contribution in [3.05, 3.63) is 108 Å².